The van der Waals surface area contributed by atoms with Crippen molar-refractivity contribution in [2.75, 3.05) is 0 Å². The lowest BCUT2D eigenvalue weighted by Gasteiger charge is -2.11. The lowest BCUT2D eigenvalue weighted by atomic mass is 10.1. The van der Waals surface area contributed by atoms with Gasteiger partial charge in [0, 0.05) is 0 Å². The third-order valence-electron chi connectivity index (χ3n) is 4.03. The molecule has 0 saturated heterocycles. The summed E-state index contributed by atoms with van der Waals surface area (Å²) in [5.74, 6) is -2.49. The Morgan fingerprint density at radius 3 is 2.00 bits per heavy atom. The number of benzene rings is 2. The molecule has 0 fully saturated rings. The first kappa shape index (κ1) is 18.1. The smallest absolute Gasteiger partial charge is 0.323 e. The Bertz CT molecular complexity index is 1180. The number of imide groups is 1. The zero-order valence-electron chi connectivity index (χ0n) is 14.1. The number of sulfone groups is 1. The van der Waals surface area contributed by atoms with Crippen LogP contribution in [0.2, 0.25) is 0 Å². The highest BCUT2D eigenvalue weighted by molar-refractivity contribution is 7.93. The van der Waals surface area contributed by atoms with Crippen molar-refractivity contribution in [3.8, 4) is 0 Å². The second kappa shape index (κ2) is 6.70. The van der Waals surface area contributed by atoms with Crippen molar-refractivity contribution in [3.05, 3.63) is 82.7 Å². The molecule has 28 heavy (non-hydrogen) atoms. The molecule has 1 aromatic heterocycles. The van der Waals surface area contributed by atoms with Crippen molar-refractivity contribution in [1.82, 2.24) is 5.06 Å². The summed E-state index contributed by atoms with van der Waals surface area (Å²) in [7, 11) is -3.78. The van der Waals surface area contributed by atoms with Gasteiger partial charge in [0.25, 0.3) is 11.8 Å². The van der Waals surface area contributed by atoms with Gasteiger partial charge in [-0.25, -0.2) is 13.2 Å². The monoisotopic (exact) mass is 413 g/mol. The molecular formula is C19H11NO6S2. The van der Waals surface area contributed by atoms with E-state index in [2.05, 4.69) is 0 Å². The molecule has 7 nitrogen and oxygen atoms in total. The molecule has 0 aliphatic carbocycles. The number of carbonyl (C=O) groups is 3. The van der Waals surface area contributed by atoms with Crippen LogP contribution < -0.4 is 0 Å². The predicted molar refractivity (Wildman–Crippen MR) is 98.6 cm³/mol. The average molecular weight is 413 g/mol. The third-order valence-corrected chi connectivity index (χ3v) is 7.36. The highest BCUT2D eigenvalue weighted by atomic mass is 32.2. The van der Waals surface area contributed by atoms with Crippen molar-refractivity contribution in [2.45, 2.75) is 9.10 Å². The van der Waals surface area contributed by atoms with Crippen LogP contribution in [0.15, 0.2) is 75.8 Å². The van der Waals surface area contributed by atoms with Gasteiger partial charge in [-0.1, -0.05) is 35.4 Å². The molecule has 0 spiro atoms. The van der Waals surface area contributed by atoms with Crippen molar-refractivity contribution < 1.29 is 27.6 Å². The molecule has 2 amide bonds. The van der Waals surface area contributed by atoms with Gasteiger partial charge in [-0.2, -0.15) is 0 Å². The van der Waals surface area contributed by atoms with E-state index < -0.39 is 27.6 Å². The zero-order valence-corrected chi connectivity index (χ0v) is 15.7. The van der Waals surface area contributed by atoms with Crippen molar-refractivity contribution in [2.24, 2.45) is 0 Å². The predicted octanol–water partition coefficient (Wildman–Crippen LogP) is 2.95. The second-order valence-corrected chi connectivity index (χ2v) is 9.02. The minimum Gasteiger partial charge on any atom is -0.323 e. The van der Waals surface area contributed by atoms with E-state index in [9.17, 15) is 22.8 Å². The lowest BCUT2D eigenvalue weighted by Crippen LogP contribution is -2.32. The van der Waals surface area contributed by atoms with Gasteiger partial charge < -0.3 is 4.84 Å². The van der Waals surface area contributed by atoms with E-state index in [4.69, 9.17) is 4.84 Å². The van der Waals surface area contributed by atoms with Crippen molar-refractivity contribution in [3.63, 3.8) is 0 Å². The van der Waals surface area contributed by atoms with E-state index in [0.29, 0.717) is 16.4 Å². The summed E-state index contributed by atoms with van der Waals surface area (Å²) in [6.45, 7) is 0. The first-order valence-corrected chi connectivity index (χ1v) is 10.3. The van der Waals surface area contributed by atoms with E-state index >= 15 is 0 Å². The maximum Gasteiger partial charge on any atom is 0.373 e. The van der Waals surface area contributed by atoms with Crippen LogP contribution in [0.4, 0.5) is 0 Å². The molecule has 9 heteroatoms. The fourth-order valence-electron chi connectivity index (χ4n) is 2.67. The molecule has 0 bridgehead atoms. The van der Waals surface area contributed by atoms with Crippen LogP contribution in [0.1, 0.15) is 30.4 Å². The number of rotatable bonds is 4. The molecule has 2 heterocycles. The number of hydroxylamine groups is 2. The van der Waals surface area contributed by atoms with Gasteiger partial charge >= 0.3 is 5.97 Å². The molecule has 1 aliphatic heterocycles. The van der Waals surface area contributed by atoms with E-state index in [0.717, 1.165) is 0 Å². The molecule has 3 aromatic rings. The van der Waals surface area contributed by atoms with Gasteiger partial charge in [0.15, 0.2) is 0 Å². The molecule has 1 aliphatic rings. The number of amides is 2. The van der Waals surface area contributed by atoms with Crippen LogP contribution in [0.3, 0.4) is 0 Å². The number of nitrogens with zero attached hydrogens (tertiary/aromatic N) is 1. The van der Waals surface area contributed by atoms with Crippen LogP contribution >= 0.6 is 11.3 Å². The zero-order chi connectivity index (χ0) is 19.9. The maximum absolute atomic E-state index is 12.6. The Balaban J connectivity index is 1.57. The van der Waals surface area contributed by atoms with Gasteiger partial charge in [-0.15, -0.1) is 11.3 Å². The summed E-state index contributed by atoms with van der Waals surface area (Å²) in [5, 5.41) is 0.387. The average Bonchev–Trinajstić information content (AvgIpc) is 3.30. The first-order valence-electron chi connectivity index (χ1n) is 7.99. The van der Waals surface area contributed by atoms with Crippen LogP contribution in [-0.4, -0.2) is 31.3 Å². The van der Waals surface area contributed by atoms with Crippen molar-refractivity contribution in [1.29, 1.82) is 0 Å². The van der Waals surface area contributed by atoms with Crippen LogP contribution in [0.25, 0.3) is 0 Å². The normalized spacial score (nSPS) is 13.5. The fourth-order valence-corrected chi connectivity index (χ4v) is 5.27. The van der Waals surface area contributed by atoms with Crippen molar-refractivity contribution >= 4 is 39.0 Å². The minimum atomic E-state index is -3.78. The molecule has 0 N–H and O–H groups in total. The van der Waals surface area contributed by atoms with E-state index in [-0.39, 0.29) is 25.1 Å². The summed E-state index contributed by atoms with van der Waals surface area (Å²) >= 11 is 0.701. The molecule has 0 radical (unpaired) electrons. The molecule has 140 valence electrons. The number of hydrogen-bond acceptors (Lipinski definition) is 7. The second-order valence-electron chi connectivity index (χ2n) is 5.76. The summed E-state index contributed by atoms with van der Waals surface area (Å²) < 4.78 is 25.2. The Kier molecular flexibility index (Phi) is 4.33. The maximum atomic E-state index is 12.6. The van der Waals surface area contributed by atoms with Crippen LogP contribution in [0, 0.1) is 0 Å². The first-order chi connectivity index (χ1) is 13.4. The Morgan fingerprint density at radius 1 is 0.821 bits per heavy atom. The molecule has 0 saturated carbocycles. The van der Waals surface area contributed by atoms with Gasteiger partial charge in [0.05, 0.1) is 16.0 Å². The largest absolute Gasteiger partial charge is 0.373 e. The number of carbonyl (C=O) groups excluding carboxylic acids is 3. The van der Waals surface area contributed by atoms with Gasteiger partial charge in [0.2, 0.25) is 9.84 Å². The fraction of sp³-hybridized carbons (Fsp3) is 0. The van der Waals surface area contributed by atoms with Crippen LogP contribution in [0.5, 0.6) is 0 Å². The van der Waals surface area contributed by atoms with Gasteiger partial charge in [0.1, 0.15) is 9.09 Å². The number of hydrogen-bond donors (Lipinski definition) is 0. The van der Waals surface area contributed by atoms with Gasteiger partial charge in [-0.3, -0.25) is 9.59 Å². The highest BCUT2D eigenvalue weighted by Gasteiger charge is 2.39. The quantitative estimate of drug-likeness (QED) is 0.610. The third kappa shape index (κ3) is 2.90. The molecule has 4 rings (SSSR count). The van der Waals surface area contributed by atoms with Crippen LogP contribution in [-0.2, 0) is 14.7 Å². The van der Waals surface area contributed by atoms with E-state index in [1.54, 1.807) is 30.3 Å². The minimum absolute atomic E-state index is 0.0481. The molecule has 0 unspecified atom stereocenters. The number of thiophene rings is 1. The lowest BCUT2D eigenvalue weighted by molar-refractivity contribution is -0.0581. The van der Waals surface area contributed by atoms with E-state index in [1.807, 2.05) is 0 Å². The summed E-state index contributed by atoms with van der Waals surface area (Å²) in [5.41, 5.74) is 0.276. The summed E-state index contributed by atoms with van der Waals surface area (Å²) in [4.78, 5) is 41.9. The Labute approximate surface area is 163 Å². The molecule has 0 atom stereocenters. The van der Waals surface area contributed by atoms with E-state index in [1.165, 1.54) is 36.4 Å². The topological polar surface area (TPSA) is 97.8 Å². The highest BCUT2D eigenvalue weighted by Crippen LogP contribution is 2.29. The summed E-state index contributed by atoms with van der Waals surface area (Å²) in [6.07, 6.45) is 0. The summed E-state index contributed by atoms with van der Waals surface area (Å²) in [6, 6.07) is 16.4. The standard InChI is InChI=1S/C19H11NO6S2/c21-17-13-8-4-5-9-14(13)18(22)20(17)26-19(23)15-10-11-16(27-15)28(24,25)12-6-2-1-3-7-12/h1-11H. The van der Waals surface area contributed by atoms with Gasteiger partial charge in [-0.05, 0) is 36.4 Å². The SMILES string of the molecule is O=C(ON1C(=O)c2ccccc2C1=O)c1ccc(S(=O)(=O)c2ccccc2)s1. The molecular weight excluding hydrogens is 402 g/mol. The number of fused-ring (bicyclic) bond motifs is 1. The Morgan fingerprint density at radius 2 is 1.39 bits per heavy atom. The molecule has 2 aromatic carbocycles. The Hall–Kier alpha value is -3.30.